The highest BCUT2D eigenvalue weighted by Crippen LogP contribution is 2.16. The van der Waals surface area contributed by atoms with Crippen molar-refractivity contribution in [2.24, 2.45) is 0 Å². The van der Waals surface area contributed by atoms with Gasteiger partial charge in [-0.15, -0.1) is 0 Å². The molecule has 2 aromatic heterocycles. The SMILES string of the molecule is CC(C)(CO)NC(=O)c1c[nH]c2ncccc12. The Balaban J connectivity index is 2.31. The maximum atomic E-state index is 12.0. The van der Waals surface area contributed by atoms with Crippen LogP contribution in [0.25, 0.3) is 11.0 Å². The number of pyridine rings is 1. The minimum absolute atomic E-state index is 0.112. The van der Waals surface area contributed by atoms with Gasteiger partial charge in [0.2, 0.25) is 0 Å². The highest BCUT2D eigenvalue weighted by atomic mass is 16.3. The molecule has 0 spiro atoms. The Hall–Kier alpha value is -1.88. The van der Waals surface area contributed by atoms with E-state index in [1.165, 1.54) is 0 Å². The molecule has 0 saturated heterocycles. The number of fused-ring (bicyclic) bond motifs is 1. The summed E-state index contributed by atoms with van der Waals surface area (Å²) >= 11 is 0. The Kier molecular flexibility index (Phi) is 2.85. The van der Waals surface area contributed by atoms with E-state index in [0.717, 1.165) is 5.39 Å². The molecule has 3 N–H and O–H groups in total. The molecule has 0 aliphatic heterocycles. The van der Waals surface area contributed by atoms with Gasteiger partial charge >= 0.3 is 0 Å². The summed E-state index contributed by atoms with van der Waals surface area (Å²) in [6.45, 7) is 3.41. The van der Waals surface area contributed by atoms with Crippen LogP contribution in [0.4, 0.5) is 0 Å². The molecule has 1 amide bonds. The van der Waals surface area contributed by atoms with Gasteiger partial charge in [0.05, 0.1) is 17.7 Å². The summed E-state index contributed by atoms with van der Waals surface area (Å²) in [5.74, 6) is -0.219. The molecular weight excluding hydrogens is 218 g/mol. The maximum Gasteiger partial charge on any atom is 0.254 e. The fourth-order valence-electron chi connectivity index (χ4n) is 1.56. The fourth-order valence-corrected chi connectivity index (χ4v) is 1.56. The summed E-state index contributed by atoms with van der Waals surface area (Å²) in [6, 6.07) is 3.61. The van der Waals surface area contributed by atoms with Crippen molar-refractivity contribution in [3.05, 3.63) is 30.1 Å². The van der Waals surface area contributed by atoms with Gasteiger partial charge in [0.25, 0.3) is 5.91 Å². The number of carbonyl (C=O) groups excluding carboxylic acids is 1. The largest absolute Gasteiger partial charge is 0.394 e. The predicted molar refractivity (Wildman–Crippen MR) is 64.7 cm³/mol. The molecule has 2 rings (SSSR count). The second-order valence-electron chi connectivity index (χ2n) is 4.60. The number of amides is 1. The maximum absolute atomic E-state index is 12.0. The molecule has 0 aliphatic rings. The lowest BCUT2D eigenvalue weighted by molar-refractivity contribution is 0.0871. The smallest absolute Gasteiger partial charge is 0.254 e. The number of hydrogen-bond acceptors (Lipinski definition) is 3. The molecule has 17 heavy (non-hydrogen) atoms. The van der Waals surface area contributed by atoms with Crippen LogP contribution in [0.1, 0.15) is 24.2 Å². The highest BCUT2D eigenvalue weighted by molar-refractivity contribution is 6.06. The normalized spacial score (nSPS) is 11.7. The summed E-state index contributed by atoms with van der Waals surface area (Å²) < 4.78 is 0. The molecule has 0 unspecified atom stereocenters. The van der Waals surface area contributed by atoms with Crippen molar-refractivity contribution >= 4 is 16.9 Å². The van der Waals surface area contributed by atoms with Crippen LogP contribution in [-0.2, 0) is 0 Å². The number of nitrogens with one attached hydrogen (secondary N) is 2. The summed E-state index contributed by atoms with van der Waals surface area (Å²) in [4.78, 5) is 19.1. The summed E-state index contributed by atoms with van der Waals surface area (Å²) in [5.41, 5.74) is 0.581. The quantitative estimate of drug-likeness (QED) is 0.741. The molecule has 0 bridgehead atoms. The predicted octanol–water partition coefficient (Wildman–Crippen LogP) is 1.06. The summed E-state index contributed by atoms with van der Waals surface area (Å²) in [6.07, 6.45) is 3.29. The monoisotopic (exact) mass is 233 g/mol. The molecule has 0 aliphatic carbocycles. The number of aliphatic hydroxyl groups excluding tert-OH is 1. The fraction of sp³-hybridized carbons (Fsp3) is 0.333. The topological polar surface area (TPSA) is 78.0 Å². The number of aromatic nitrogens is 2. The number of aromatic amines is 1. The van der Waals surface area contributed by atoms with E-state index in [4.69, 9.17) is 5.11 Å². The third-order valence-corrected chi connectivity index (χ3v) is 2.54. The molecule has 0 saturated carbocycles. The number of H-pyrrole nitrogens is 1. The van der Waals surface area contributed by atoms with Crippen LogP contribution in [0, 0.1) is 0 Å². The van der Waals surface area contributed by atoms with E-state index < -0.39 is 5.54 Å². The molecule has 0 radical (unpaired) electrons. The molecule has 5 heteroatoms. The molecule has 0 aromatic carbocycles. The van der Waals surface area contributed by atoms with Crippen LogP contribution in [-0.4, -0.2) is 33.1 Å². The second kappa shape index (κ2) is 4.18. The van der Waals surface area contributed by atoms with Gasteiger partial charge in [-0.1, -0.05) is 0 Å². The van der Waals surface area contributed by atoms with Crippen LogP contribution in [0.2, 0.25) is 0 Å². The average Bonchev–Trinajstić information content (AvgIpc) is 2.72. The van der Waals surface area contributed by atoms with Crippen LogP contribution in [0.3, 0.4) is 0 Å². The average molecular weight is 233 g/mol. The van der Waals surface area contributed by atoms with E-state index in [-0.39, 0.29) is 12.5 Å². The molecular formula is C12H15N3O2. The molecule has 90 valence electrons. The number of hydrogen-bond donors (Lipinski definition) is 3. The van der Waals surface area contributed by atoms with Gasteiger partial charge in [0.15, 0.2) is 0 Å². The van der Waals surface area contributed by atoms with Crippen LogP contribution in [0.15, 0.2) is 24.5 Å². The highest BCUT2D eigenvalue weighted by Gasteiger charge is 2.21. The first-order valence-corrected chi connectivity index (χ1v) is 5.39. The van der Waals surface area contributed by atoms with Crippen molar-refractivity contribution in [3.63, 3.8) is 0 Å². The minimum Gasteiger partial charge on any atom is -0.394 e. The summed E-state index contributed by atoms with van der Waals surface area (Å²) in [7, 11) is 0. The van der Waals surface area contributed by atoms with E-state index in [1.807, 2.05) is 6.07 Å². The molecule has 5 nitrogen and oxygen atoms in total. The van der Waals surface area contributed by atoms with Gasteiger partial charge in [-0.2, -0.15) is 0 Å². The standard InChI is InChI=1S/C12H15N3O2/c1-12(2,7-16)15-11(17)9-6-14-10-8(9)4-3-5-13-10/h3-6,16H,7H2,1-2H3,(H,13,14)(H,15,17). The Morgan fingerprint density at radius 2 is 2.35 bits per heavy atom. The number of carbonyl (C=O) groups is 1. The zero-order chi connectivity index (χ0) is 12.5. The van der Waals surface area contributed by atoms with Gasteiger partial charge in [-0.25, -0.2) is 4.98 Å². The number of rotatable bonds is 3. The Labute approximate surface area is 98.9 Å². The Morgan fingerprint density at radius 3 is 3.06 bits per heavy atom. The zero-order valence-electron chi connectivity index (χ0n) is 9.82. The van der Waals surface area contributed by atoms with Crippen LogP contribution in [0.5, 0.6) is 0 Å². The van der Waals surface area contributed by atoms with Gasteiger partial charge in [0.1, 0.15) is 5.65 Å². The molecule has 2 heterocycles. The van der Waals surface area contributed by atoms with Crippen LogP contribution >= 0.6 is 0 Å². The van der Waals surface area contributed by atoms with E-state index >= 15 is 0 Å². The first kappa shape index (κ1) is 11.6. The van der Waals surface area contributed by atoms with E-state index in [1.54, 1.807) is 32.3 Å². The summed E-state index contributed by atoms with van der Waals surface area (Å²) in [5, 5.41) is 12.7. The third kappa shape index (κ3) is 2.29. The van der Waals surface area contributed by atoms with Crippen molar-refractivity contribution < 1.29 is 9.90 Å². The van der Waals surface area contributed by atoms with Gasteiger partial charge < -0.3 is 15.4 Å². The molecule has 2 aromatic rings. The van der Waals surface area contributed by atoms with E-state index in [0.29, 0.717) is 11.2 Å². The van der Waals surface area contributed by atoms with Crippen molar-refractivity contribution in [2.75, 3.05) is 6.61 Å². The number of nitrogens with zero attached hydrogens (tertiary/aromatic N) is 1. The first-order chi connectivity index (χ1) is 8.03. The van der Waals surface area contributed by atoms with Crippen molar-refractivity contribution in [1.82, 2.24) is 15.3 Å². The van der Waals surface area contributed by atoms with Gasteiger partial charge in [-0.05, 0) is 26.0 Å². The molecule has 0 fully saturated rings. The Morgan fingerprint density at radius 1 is 1.59 bits per heavy atom. The van der Waals surface area contributed by atoms with Gasteiger partial charge in [0, 0.05) is 17.8 Å². The lowest BCUT2D eigenvalue weighted by atomic mass is 10.1. The van der Waals surface area contributed by atoms with E-state index in [9.17, 15) is 4.79 Å². The minimum atomic E-state index is -0.636. The number of aliphatic hydroxyl groups is 1. The van der Waals surface area contributed by atoms with Crippen LogP contribution < -0.4 is 5.32 Å². The third-order valence-electron chi connectivity index (χ3n) is 2.54. The van der Waals surface area contributed by atoms with E-state index in [2.05, 4.69) is 15.3 Å². The Bertz CT molecular complexity index is 545. The van der Waals surface area contributed by atoms with Crippen molar-refractivity contribution in [3.8, 4) is 0 Å². The van der Waals surface area contributed by atoms with Crippen molar-refractivity contribution in [1.29, 1.82) is 0 Å². The molecule has 0 atom stereocenters. The lowest BCUT2D eigenvalue weighted by Gasteiger charge is -2.23. The van der Waals surface area contributed by atoms with Gasteiger partial charge in [-0.3, -0.25) is 4.79 Å². The lowest BCUT2D eigenvalue weighted by Crippen LogP contribution is -2.46. The second-order valence-corrected chi connectivity index (χ2v) is 4.60. The zero-order valence-corrected chi connectivity index (χ0v) is 9.82. The first-order valence-electron chi connectivity index (χ1n) is 5.39. The van der Waals surface area contributed by atoms with Crippen molar-refractivity contribution in [2.45, 2.75) is 19.4 Å².